The lowest BCUT2D eigenvalue weighted by Crippen LogP contribution is -2.13. The molecular formula is C9H14N2O. The van der Waals surface area contributed by atoms with Crippen LogP contribution in [0.1, 0.15) is 24.3 Å². The molecule has 1 fully saturated rings. The Kier molecular flexibility index (Phi) is 2.13. The Bertz CT molecular complexity index is 251. The van der Waals surface area contributed by atoms with E-state index < -0.39 is 0 Å². The van der Waals surface area contributed by atoms with E-state index in [9.17, 15) is 0 Å². The fraction of sp³-hybridized carbons (Fsp3) is 0.667. The minimum absolute atomic E-state index is 0.674. The minimum atomic E-state index is 0.674. The molecule has 0 aromatic carbocycles. The molecule has 12 heavy (non-hydrogen) atoms. The summed E-state index contributed by atoms with van der Waals surface area (Å²) in [6.45, 7) is 1.80. The lowest BCUT2D eigenvalue weighted by Gasteiger charge is -2.20. The van der Waals surface area contributed by atoms with Crippen molar-refractivity contribution in [3.05, 3.63) is 18.0 Å². The van der Waals surface area contributed by atoms with E-state index in [0.29, 0.717) is 5.92 Å². The van der Waals surface area contributed by atoms with Crippen molar-refractivity contribution in [2.24, 2.45) is 7.05 Å². The van der Waals surface area contributed by atoms with E-state index in [1.165, 1.54) is 5.56 Å². The first-order valence-electron chi connectivity index (χ1n) is 4.42. The van der Waals surface area contributed by atoms with Gasteiger partial charge in [-0.15, -0.1) is 0 Å². The maximum absolute atomic E-state index is 5.30. The van der Waals surface area contributed by atoms with E-state index in [0.717, 1.165) is 26.1 Å². The summed E-state index contributed by atoms with van der Waals surface area (Å²) >= 11 is 0. The standard InChI is InChI=1S/C9H14N2O/c1-11-7-9(6-10-11)8-2-4-12-5-3-8/h6-8H,2-5H2,1H3. The molecule has 66 valence electrons. The van der Waals surface area contributed by atoms with Gasteiger partial charge >= 0.3 is 0 Å². The molecule has 0 spiro atoms. The highest BCUT2D eigenvalue weighted by atomic mass is 16.5. The monoisotopic (exact) mass is 166 g/mol. The molecule has 1 saturated heterocycles. The fourth-order valence-electron chi connectivity index (χ4n) is 1.68. The molecule has 0 amide bonds. The van der Waals surface area contributed by atoms with E-state index in [1.807, 2.05) is 17.9 Å². The second-order valence-corrected chi connectivity index (χ2v) is 3.33. The van der Waals surface area contributed by atoms with Gasteiger partial charge in [0.25, 0.3) is 0 Å². The van der Waals surface area contributed by atoms with Crippen LogP contribution in [0.5, 0.6) is 0 Å². The molecule has 0 aliphatic carbocycles. The molecule has 2 rings (SSSR count). The van der Waals surface area contributed by atoms with Gasteiger partial charge in [-0.2, -0.15) is 5.10 Å². The maximum Gasteiger partial charge on any atom is 0.0524 e. The first kappa shape index (κ1) is 7.80. The predicted octanol–water partition coefficient (Wildman–Crippen LogP) is 1.31. The summed E-state index contributed by atoms with van der Waals surface area (Å²) < 4.78 is 7.17. The molecule has 1 aromatic rings. The molecule has 0 bridgehead atoms. The van der Waals surface area contributed by atoms with Gasteiger partial charge in [0.15, 0.2) is 0 Å². The normalized spacial score (nSPS) is 19.8. The third kappa shape index (κ3) is 1.50. The van der Waals surface area contributed by atoms with E-state index in [-0.39, 0.29) is 0 Å². The van der Waals surface area contributed by atoms with E-state index in [4.69, 9.17) is 4.74 Å². The van der Waals surface area contributed by atoms with E-state index >= 15 is 0 Å². The zero-order chi connectivity index (χ0) is 8.39. The van der Waals surface area contributed by atoms with E-state index in [2.05, 4.69) is 11.3 Å². The van der Waals surface area contributed by atoms with Crippen molar-refractivity contribution in [1.82, 2.24) is 9.78 Å². The second kappa shape index (κ2) is 3.27. The van der Waals surface area contributed by atoms with Crippen molar-refractivity contribution < 1.29 is 4.74 Å². The average molecular weight is 166 g/mol. The molecule has 1 aromatic heterocycles. The van der Waals surface area contributed by atoms with Crippen LogP contribution in [-0.2, 0) is 11.8 Å². The van der Waals surface area contributed by atoms with Crippen LogP contribution in [0.4, 0.5) is 0 Å². The van der Waals surface area contributed by atoms with Crippen molar-refractivity contribution in [3.8, 4) is 0 Å². The van der Waals surface area contributed by atoms with Gasteiger partial charge in [-0.1, -0.05) is 0 Å². The molecule has 0 radical (unpaired) electrons. The predicted molar refractivity (Wildman–Crippen MR) is 46.0 cm³/mol. The zero-order valence-electron chi connectivity index (χ0n) is 7.36. The summed E-state index contributed by atoms with van der Waals surface area (Å²) in [6, 6.07) is 0. The number of rotatable bonds is 1. The van der Waals surface area contributed by atoms with Crippen LogP contribution in [0.25, 0.3) is 0 Å². The number of hydrogen-bond acceptors (Lipinski definition) is 2. The molecule has 0 N–H and O–H groups in total. The van der Waals surface area contributed by atoms with Crippen LogP contribution in [0, 0.1) is 0 Å². The first-order valence-corrected chi connectivity index (χ1v) is 4.42. The van der Waals surface area contributed by atoms with Crippen LogP contribution in [0.3, 0.4) is 0 Å². The topological polar surface area (TPSA) is 27.1 Å². The van der Waals surface area contributed by atoms with Crippen molar-refractivity contribution in [2.45, 2.75) is 18.8 Å². The summed E-state index contributed by atoms with van der Waals surface area (Å²) in [5.74, 6) is 0.674. The Hall–Kier alpha value is -0.830. The number of nitrogens with zero attached hydrogens (tertiary/aromatic N) is 2. The summed E-state index contributed by atoms with van der Waals surface area (Å²) in [7, 11) is 1.96. The van der Waals surface area contributed by atoms with Gasteiger partial charge in [-0.3, -0.25) is 4.68 Å². The quantitative estimate of drug-likeness (QED) is 0.629. The van der Waals surface area contributed by atoms with Crippen molar-refractivity contribution >= 4 is 0 Å². The molecule has 2 heterocycles. The van der Waals surface area contributed by atoms with Crippen LogP contribution in [-0.4, -0.2) is 23.0 Å². The highest BCUT2D eigenvalue weighted by molar-refractivity contribution is 5.11. The molecule has 0 unspecified atom stereocenters. The fourth-order valence-corrected chi connectivity index (χ4v) is 1.68. The van der Waals surface area contributed by atoms with Crippen molar-refractivity contribution in [2.75, 3.05) is 13.2 Å². The highest BCUT2D eigenvalue weighted by Crippen LogP contribution is 2.25. The molecule has 0 saturated carbocycles. The van der Waals surface area contributed by atoms with Gasteiger partial charge in [-0.05, 0) is 24.3 Å². The lowest BCUT2D eigenvalue weighted by molar-refractivity contribution is 0.0853. The summed E-state index contributed by atoms with van der Waals surface area (Å²) in [4.78, 5) is 0. The Morgan fingerprint density at radius 1 is 1.50 bits per heavy atom. The lowest BCUT2D eigenvalue weighted by atomic mass is 9.94. The minimum Gasteiger partial charge on any atom is -0.381 e. The Morgan fingerprint density at radius 2 is 2.25 bits per heavy atom. The first-order chi connectivity index (χ1) is 5.86. The Balaban J connectivity index is 2.08. The molecular weight excluding hydrogens is 152 g/mol. The maximum atomic E-state index is 5.30. The largest absolute Gasteiger partial charge is 0.381 e. The smallest absolute Gasteiger partial charge is 0.0524 e. The van der Waals surface area contributed by atoms with Crippen molar-refractivity contribution in [3.63, 3.8) is 0 Å². The summed E-state index contributed by atoms with van der Waals surface area (Å²) in [5, 5.41) is 4.17. The van der Waals surface area contributed by atoms with Gasteiger partial charge in [0.1, 0.15) is 0 Å². The van der Waals surface area contributed by atoms with Gasteiger partial charge in [0.2, 0.25) is 0 Å². The molecule has 3 heteroatoms. The summed E-state index contributed by atoms with van der Waals surface area (Å²) in [5.41, 5.74) is 1.36. The molecule has 1 aliphatic rings. The number of aryl methyl sites for hydroxylation is 1. The Labute approximate surface area is 72.3 Å². The van der Waals surface area contributed by atoms with E-state index in [1.54, 1.807) is 0 Å². The third-order valence-electron chi connectivity index (χ3n) is 2.42. The van der Waals surface area contributed by atoms with Crippen molar-refractivity contribution in [1.29, 1.82) is 0 Å². The van der Waals surface area contributed by atoms with Crippen LogP contribution in [0.2, 0.25) is 0 Å². The molecule has 0 atom stereocenters. The number of ether oxygens (including phenoxy) is 1. The highest BCUT2D eigenvalue weighted by Gasteiger charge is 2.16. The van der Waals surface area contributed by atoms with Gasteiger partial charge in [0.05, 0.1) is 6.20 Å². The zero-order valence-corrected chi connectivity index (χ0v) is 7.36. The number of aromatic nitrogens is 2. The van der Waals surface area contributed by atoms with Crippen LogP contribution < -0.4 is 0 Å². The Morgan fingerprint density at radius 3 is 2.83 bits per heavy atom. The molecule has 3 nitrogen and oxygen atoms in total. The number of hydrogen-bond donors (Lipinski definition) is 0. The SMILES string of the molecule is Cn1cc(C2CCOCC2)cn1. The summed E-state index contributed by atoms with van der Waals surface area (Å²) in [6.07, 6.45) is 6.36. The van der Waals surface area contributed by atoms with Crippen LogP contribution >= 0.6 is 0 Å². The van der Waals surface area contributed by atoms with Gasteiger partial charge < -0.3 is 4.74 Å². The molecule has 1 aliphatic heterocycles. The van der Waals surface area contributed by atoms with Gasteiger partial charge in [-0.25, -0.2) is 0 Å². The third-order valence-corrected chi connectivity index (χ3v) is 2.42. The van der Waals surface area contributed by atoms with Crippen LogP contribution in [0.15, 0.2) is 12.4 Å². The average Bonchev–Trinajstić information content (AvgIpc) is 2.54. The second-order valence-electron chi connectivity index (χ2n) is 3.33. The van der Waals surface area contributed by atoms with Gasteiger partial charge in [0, 0.05) is 26.5 Å².